The van der Waals surface area contributed by atoms with Crippen LogP contribution in [0, 0.1) is 11.3 Å². The molecule has 0 spiro atoms. The van der Waals surface area contributed by atoms with Crippen LogP contribution in [0.15, 0.2) is 24.3 Å². The molecule has 7 nitrogen and oxygen atoms in total. The molecule has 144 valence electrons. The molecule has 0 radical (unpaired) electrons. The number of nitrogens with zero attached hydrogens (tertiary/aromatic N) is 1. The van der Waals surface area contributed by atoms with E-state index < -0.39 is 15.6 Å². The Balaban J connectivity index is 2.07. The van der Waals surface area contributed by atoms with Gasteiger partial charge in [0.2, 0.25) is 10.0 Å². The van der Waals surface area contributed by atoms with E-state index in [2.05, 4.69) is 10.0 Å². The second kappa shape index (κ2) is 7.65. The highest BCUT2D eigenvalue weighted by Crippen LogP contribution is 2.26. The van der Waals surface area contributed by atoms with E-state index >= 15 is 0 Å². The number of guanidine groups is 1. The van der Waals surface area contributed by atoms with Crippen molar-refractivity contribution < 1.29 is 13.2 Å². The summed E-state index contributed by atoms with van der Waals surface area (Å²) in [6.45, 7) is 8.01. The van der Waals surface area contributed by atoms with Gasteiger partial charge in [-0.05, 0) is 43.4 Å². The predicted molar refractivity (Wildman–Crippen MR) is 103 cm³/mol. The van der Waals surface area contributed by atoms with Crippen molar-refractivity contribution in [2.24, 2.45) is 5.92 Å². The maximum Gasteiger partial charge on any atom is 0.255 e. The molecule has 1 aliphatic rings. The number of carbonyl (C=O) groups is 1. The van der Waals surface area contributed by atoms with Crippen LogP contribution in [0.25, 0.3) is 0 Å². The van der Waals surface area contributed by atoms with Gasteiger partial charge in [-0.3, -0.25) is 19.8 Å². The molecule has 1 unspecified atom stereocenters. The van der Waals surface area contributed by atoms with Crippen LogP contribution in [0.1, 0.15) is 46.1 Å². The second-order valence-corrected chi connectivity index (χ2v) is 9.25. The fourth-order valence-electron chi connectivity index (χ4n) is 3.25. The molecule has 0 bridgehead atoms. The Morgan fingerprint density at radius 1 is 1.27 bits per heavy atom. The van der Waals surface area contributed by atoms with Gasteiger partial charge in [0.15, 0.2) is 5.96 Å². The van der Waals surface area contributed by atoms with E-state index in [1.165, 1.54) is 4.90 Å². The maximum absolute atomic E-state index is 12.7. The molecule has 1 amide bonds. The van der Waals surface area contributed by atoms with Crippen molar-refractivity contribution >= 4 is 27.6 Å². The fourth-order valence-corrected chi connectivity index (χ4v) is 4.38. The average molecular weight is 381 g/mol. The summed E-state index contributed by atoms with van der Waals surface area (Å²) in [6, 6.07) is 6.88. The summed E-state index contributed by atoms with van der Waals surface area (Å²) >= 11 is 0. The average Bonchev–Trinajstić information content (AvgIpc) is 2.71. The van der Waals surface area contributed by atoms with Gasteiger partial charge < -0.3 is 5.32 Å². The number of amides is 1. The van der Waals surface area contributed by atoms with E-state index in [1.807, 2.05) is 27.7 Å². The van der Waals surface area contributed by atoms with Crippen LogP contribution in [0.3, 0.4) is 0 Å². The number of nitrogens with one attached hydrogen (secondary N) is 3. The van der Waals surface area contributed by atoms with Crippen molar-refractivity contribution in [2.75, 3.05) is 10.5 Å². The summed E-state index contributed by atoms with van der Waals surface area (Å²) in [4.78, 5) is 14.2. The number of hydrogen-bond acceptors (Lipinski definition) is 4. The molecule has 1 heterocycles. The largest absolute Gasteiger partial charge is 0.342 e. The molecule has 0 saturated carbocycles. The van der Waals surface area contributed by atoms with Crippen LogP contribution < -0.4 is 10.0 Å². The Hall–Kier alpha value is -2.09. The van der Waals surface area contributed by atoms with Crippen molar-refractivity contribution in [3.05, 3.63) is 29.8 Å². The lowest BCUT2D eigenvalue weighted by atomic mass is 9.91. The van der Waals surface area contributed by atoms with Crippen molar-refractivity contribution in [1.82, 2.24) is 10.2 Å². The monoisotopic (exact) mass is 380 g/mol. The van der Waals surface area contributed by atoms with Gasteiger partial charge in [0.1, 0.15) is 5.54 Å². The van der Waals surface area contributed by atoms with Gasteiger partial charge in [-0.2, -0.15) is 0 Å². The van der Waals surface area contributed by atoms with E-state index in [-0.39, 0.29) is 24.2 Å². The number of hydrogen-bond donors (Lipinski definition) is 3. The van der Waals surface area contributed by atoms with Crippen molar-refractivity contribution in [1.29, 1.82) is 5.41 Å². The van der Waals surface area contributed by atoms with Crippen LogP contribution in [0.5, 0.6) is 0 Å². The SMILES string of the molecule is CCCS(=O)(=O)Nc1ccc(CN2C(=N)NC(C)(CC(C)C)C2=O)cc1. The van der Waals surface area contributed by atoms with E-state index in [1.54, 1.807) is 24.3 Å². The molecule has 1 atom stereocenters. The van der Waals surface area contributed by atoms with Gasteiger partial charge in [-0.1, -0.05) is 32.9 Å². The molecule has 2 rings (SSSR count). The van der Waals surface area contributed by atoms with Crippen molar-refractivity contribution in [2.45, 2.75) is 52.6 Å². The minimum Gasteiger partial charge on any atom is -0.342 e. The van der Waals surface area contributed by atoms with E-state index in [0.717, 1.165) is 5.56 Å². The molecule has 1 aliphatic heterocycles. The Morgan fingerprint density at radius 3 is 2.42 bits per heavy atom. The van der Waals surface area contributed by atoms with E-state index in [4.69, 9.17) is 5.41 Å². The second-order valence-electron chi connectivity index (χ2n) is 7.41. The summed E-state index contributed by atoms with van der Waals surface area (Å²) in [5.41, 5.74) is 0.575. The van der Waals surface area contributed by atoms with Crippen LogP contribution in [-0.2, 0) is 21.4 Å². The Kier molecular flexibility index (Phi) is 5.95. The van der Waals surface area contributed by atoms with Crippen LogP contribution in [0.4, 0.5) is 5.69 Å². The lowest BCUT2D eigenvalue weighted by molar-refractivity contribution is -0.131. The Morgan fingerprint density at radius 2 is 1.88 bits per heavy atom. The molecule has 1 saturated heterocycles. The molecule has 1 aromatic carbocycles. The first-order valence-corrected chi connectivity index (χ1v) is 10.5. The summed E-state index contributed by atoms with van der Waals surface area (Å²) in [5, 5.41) is 11.1. The van der Waals surface area contributed by atoms with Gasteiger partial charge in [-0.25, -0.2) is 8.42 Å². The molecular weight excluding hydrogens is 352 g/mol. The van der Waals surface area contributed by atoms with Gasteiger partial charge in [0, 0.05) is 5.69 Å². The zero-order valence-corrected chi connectivity index (χ0v) is 16.6. The number of rotatable bonds is 8. The first-order valence-electron chi connectivity index (χ1n) is 8.84. The van der Waals surface area contributed by atoms with Gasteiger partial charge in [0.25, 0.3) is 5.91 Å². The zero-order valence-electron chi connectivity index (χ0n) is 15.8. The van der Waals surface area contributed by atoms with Crippen LogP contribution in [-0.4, -0.2) is 36.5 Å². The Bertz CT molecular complexity index is 774. The first kappa shape index (κ1) is 20.2. The third kappa shape index (κ3) is 4.75. The van der Waals surface area contributed by atoms with Gasteiger partial charge in [0.05, 0.1) is 12.3 Å². The van der Waals surface area contributed by atoms with Crippen molar-refractivity contribution in [3.63, 3.8) is 0 Å². The van der Waals surface area contributed by atoms with Gasteiger partial charge >= 0.3 is 0 Å². The highest BCUT2D eigenvalue weighted by Gasteiger charge is 2.45. The van der Waals surface area contributed by atoms with Crippen molar-refractivity contribution in [3.8, 4) is 0 Å². The quantitative estimate of drug-likeness (QED) is 0.645. The highest BCUT2D eigenvalue weighted by molar-refractivity contribution is 7.92. The third-order valence-corrected chi connectivity index (χ3v) is 5.73. The number of sulfonamides is 1. The predicted octanol–water partition coefficient (Wildman–Crippen LogP) is 2.51. The summed E-state index contributed by atoms with van der Waals surface area (Å²) in [5.74, 6) is 0.406. The molecule has 0 aliphatic carbocycles. The maximum atomic E-state index is 12.7. The van der Waals surface area contributed by atoms with Crippen LogP contribution in [0.2, 0.25) is 0 Å². The van der Waals surface area contributed by atoms with Crippen LogP contribution >= 0.6 is 0 Å². The van der Waals surface area contributed by atoms with E-state index in [9.17, 15) is 13.2 Å². The number of benzene rings is 1. The smallest absolute Gasteiger partial charge is 0.255 e. The topological polar surface area (TPSA) is 102 Å². The third-order valence-electron chi connectivity index (χ3n) is 4.24. The molecule has 1 aromatic rings. The first-order chi connectivity index (χ1) is 12.1. The lowest BCUT2D eigenvalue weighted by Gasteiger charge is -2.24. The Labute approximate surface area is 155 Å². The molecular formula is C18H28N4O3S. The summed E-state index contributed by atoms with van der Waals surface area (Å²) in [6.07, 6.45) is 1.21. The lowest BCUT2D eigenvalue weighted by Crippen LogP contribution is -2.44. The minimum absolute atomic E-state index is 0.0777. The molecule has 8 heteroatoms. The molecule has 26 heavy (non-hydrogen) atoms. The zero-order chi connectivity index (χ0) is 19.5. The number of anilines is 1. The molecule has 1 fully saturated rings. The van der Waals surface area contributed by atoms with E-state index in [0.29, 0.717) is 24.4 Å². The fraction of sp³-hybridized carbons (Fsp3) is 0.556. The highest BCUT2D eigenvalue weighted by atomic mass is 32.2. The minimum atomic E-state index is -3.32. The molecule has 3 N–H and O–H groups in total. The summed E-state index contributed by atoms with van der Waals surface area (Å²) in [7, 11) is -3.32. The summed E-state index contributed by atoms with van der Waals surface area (Å²) < 4.78 is 26.1. The standard InChI is InChI=1S/C18H28N4O3S/c1-5-10-26(24,25)21-15-8-6-14(7-9-15)12-22-16(23)18(4,11-13(2)3)20-17(22)19/h6-9,13,21H,5,10-12H2,1-4H3,(H2,19,20). The normalized spacial score (nSPS) is 20.6. The van der Waals surface area contributed by atoms with Gasteiger partial charge in [-0.15, -0.1) is 0 Å². The number of carbonyl (C=O) groups excluding carboxylic acids is 1. The molecule has 0 aromatic heterocycles.